The Kier molecular flexibility index (Phi) is 11.5. The fraction of sp³-hybridized carbons (Fsp3) is 0.429. The molecule has 2 aromatic carbocycles. The highest BCUT2D eigenvalue weighted by atomic mass is 19.2. The van der Waals surface area contributed by atoms with Crippen LogP contribution in [0.1, 0.15) is 70.8 Å². The van der Waals surface area contributed by atoms with Crippen LogP contribution in [0.25, 0.3) is 6.08 Å². The molecule has 6 heteroatoms. The lowest BCUT2D eigenvalue weighted by atomic mass is 10.0. The van der Waals surface area contributed by atoms with E-state index in [0.717, 1.165) is 57.1 Å². The van der Waals surface area contributed by atoms with E-state index < -0.39 is 29.4 Å². The molecule has 0 saturated heterocycles. The number of rotatable bonds is 10. The summed E-state index contributed by atoms with van der Waals surface area (Å²) in [5, 5.41) is 0. The molecule has 3 rings (SSSR count). The summed E-state index contributed by atoms with van der Waals surface area (Å²) in [5.41, 5.74) is 0.607. The normalized spacial score (nSPS) is 14.8. The van der Waals surface area contributed by atoms with Gasteiger partial charge in [0.05, 0.1) is 0 Å². The van der Waals surface area contributed by atoms with E-state index in [1.807, 2.05) is 6.08 Å². The second-order valence-corrected chi connectivity index (χ2v) is 8.11. The third-order valence-corrected chi connectivity index (χ3v) is 5.37. The number of unbranched alkanes of at least 4 members (excludes halogenated alkanes) is 4. The number of hydrogen-bond donors (Lipinski definition) is 0. The Morgan fingerprint density at radius 3 is 2.35 bits per heavy atom. The molecule has 2 aromatic rings. The highest BCUT2D eigenvalue weighted by Crippen LogP contribution is 2.31. The second kappa shape index (κ2) is 14.3. The average Bonchev–Trinajstić information content (AvgIpc) is 2.84. The van der Waals surface area contributed by atoms with E-state index in [9.17, 15) is 17.6 Å². The van der Waals surface area contributed by atoms with Gasteiger partial charge < -0.3 is 9.47 Å². The molecule has 0 spiro atoms. The van der Waals surface area contributed by atoms with Crippen LogP contribution in [0.3, 0.4) is 0 Å². The van der Waals surface area contributed by atoms with Gasteiger partial charge in [-0.25, -0.2) is 8.78 Å². The van der Waals surface area contributed by atoms with E-state index in [4.69, 9.17) is 15.9 Å². The lowest BCUT2D eigenvalue weighted by Gasteiger charge is -2.21. The van der Waals surface area contributed by atoms with E-state index >= 15 is 0 Å². The number of hydrogen-bond acceptors (Lipinski definition) is 2. The Labute approximate surface area is 200 Å². The molecule has 0 fully saturated rings. The van der Waals surface area contributed by atoms with Gasteiger partial charge in [0, 0.05) is 5.56 Å². The zero-order valence-electron chi connectivity index (χ0n) is 19.8. The van der Waals surface area contributed by atoms with Gasteiger partial charge in [0.15, 0.2) is 29.2 Å². The number of ether oxygens (including phenoxy) is 2. The molecular weight excluding hydrogens is 444 g/mol. The Morgan fingerprint density at radius 1 is 0.941 bits per heavy atom. The van der Waals surface area contributed by atoms with E-state index in [1.54, 1.807) is 6.08 Å². The summed E-state index contributed by atoms with van der Waals surface area (Å²) in [6, 6.07) is 6.48. The summed E-state index contributed by atoms with van der Waals surface area (Å²) in [7, 11) is 0. The summed E-state index contributed by atoms with van der Waals surface area (Å²) >= 11 is 0. The highest BCUT2D eigenvalue weighted by Gasteiger charge is 2.20. The molecular formula is C28H32F4O2. The topological polar surface area (TPSA) is 18.5 Å². The van der Waals surface area contributed by atoms with Crippen LogP contribution in [0.5, 0.6) is 11.5 Å². The summed E-state index contributed by atoms with van der Waals surface area (Å²) in [6.45, 7) is 4.21. The van der Waals surface area contributed by atoms with Crippen LogP contribution in [0, 0.1) is 35.6 Å². The molecule has 2 nitrogen and oxygen atoms in total. The molecule has 2 atom stereocenters. The molecule has 0 amide bonds. The van der Waals surface area contributed by atoms with Gasteiger partial charge in [0.1, 0.15) is 6.10 Å². The summed E-state index contributed by atoms with van der Waals surface area (Å²) < 4.78 is 63.6. The summed E-state index contributed by atoms with van der Waals surface area (Å²) in [5.74, 6) is -1.27. The molecule has 0 radical (unpaired) electrons. The Hall–Kier alpha value is -2.94. The van der Waals surface area contributed by atoms with Gasteiger partial charge in [0.25, 0.3) is 0 Å². The van der Waals surface area contributed by atoms with Crippen molar-refractivity contribution >= 4 is 6.08 Å². The Morgan fingerprint density at radius 2 is 1.65 bits per heavy atom. The predicted octanol–water partition coefficient (Wildman–Crippen LogP) is 8.25. The number of fused-ring (bicyclic) bond motifs is 1. The number of halogens is 4. The quantitative estimate of drug-likeness (QED) is 0.195. The molecule has 34 heavy (non-hydrogen) atoms. The first kappa shape index (κ1) is 27.3. The largest absolute Gasteiger partial charge is 0.483 e. The predicted molar refractivity (Wildman–Crippen MR) is 128 cm³/mol. The highest BCUT2D eigenvalue weighted by molar-refractivity contribution is 5.60. The Bertz CT molecular complexity index is 981. The Balaban J connectivity index is 0.000000240. The van der Waals surface area contributed by atoms with Crippen LogP contribution >= 0.6 is 0 Å². The van der Waals surface area contributed by atoms with Crippen molar-refractivity contribution in [3.63, 3.8) is 0 Å². The van der Waals surface area contributed by atoms with Gasteiger partial charge in [-0.2, -0.15) is 8.78 Å². The minimum Gasteiger partial charge on any atom is -0.483 e. The third kappa shape index (κ3) is 8.13. The first-order chi connectivity index (χ1) is 16.4. The zero-order chi connectivity index (χ0) is 24.9. The SMILES string of the molecule is C#CC(CCCCC)Oc1cccc(F)c1F.CCCCCC1C=Cc2ccc(F)c(F)c2O1. The van der Waals surface area contributed by atoms with Gasteiger partial charge in [-0.05, 0) is 56.0 Å². The fourth-order valence-electron chi connectivity index (χ4n) is 3.43. The smallest absolute Gasteiger partial charge is 0.201 e. The number of terminal acetylenes is 1. The molecule has 1 heterocycles. The monoisotopic (exact) mass is 476 g/mol. The van der Waals surface area contributed by atoms with E-state index in [-0.39, 0.29) is 17.6 Å². The van der Waals surface area contributed by atoms with Crippen molar-refractivity contribution in [3.05, 3.63) is 65.2 Å². The minimum atomic E-state index is -0.983. The van der Waals surface area contributed by atoms with Crippen molar-refractivity contribution in [2.75, 3.05) is 0 Å². The van der Waals surface area contributed by atoms with Crippen molar-refractivity contribution in [1.82, 2.24) is 0 Å². The van der Waals surface area contributed by atoms with Gasteiger partial charge in [-0.1, -0.05) is 57.6 Å². The van der Waals surface area contributed by atoms with E-state index in [2.05, 4.69) is 19.8 Å². The lowest BCUT2D eigenvalue weighted by Crippen LogP contribution is -2.18. The van der Waals surface area contributed by atoms with Crippen LogP contribution in [0.15, 0.2) is 36.4 Å². The lowest BCUT2D eigenvalue weighted by molar-refractivity contribution is 0.217. The molecule has 0 aromatic heterocycles. The van der Waals surface area contributed by atoms with Gasteiger partial charge >= 0.3 is 0 Å². The number of benzene rings is 2. The van der Waals surface area contributed by atoms with Crippen LogP contribution < -0.4 is 9.47 Å². The maximum atomic E-state index is 13.5. The first-order valence-corrected chi connectivity index (χ1v) is 11.8. The first-order valence-electron chi connectivity index (χ1n) is 11.8. The maximum absolute atomic E-state index is 13.5. The van der Waals surface area contributed by atoms with Crippen molar-refractivity contribution in [2.24, 2.45) is 0 Å². The summed E-state index contributed by atoms with van der Waals surface area (Å²) in [6.07, 6.45) is 16.2. The van der Waals surface area contributed by atoms with Gasteiger partial charge in [0.2, 0.25) is 11.6 Å². The van der Waals surface area contributed by atoms with Crippen LogP contribution in [0.2, 0.25) is 0 Å². The van der Waals surface area contributed by atoms with Crippen molar-refractivity contribution in [2.45, 2.75) is 77.4 Å². The maximum Gasteiger partial charge on any atom is 0.201 e. The van der Waals surface area contributed by atoms with Crippen molar-refractivity contribution < 1.29 is 27.0 Å². The second-order valence-electron chi connectivity index (χ2n) is 8.11. The average molecular weight is 477 g/mol. The molecule has 0 bridgehead atoms. The molecule has 1 aliphatic heterocycles. The van der Waals surface area contributed by atoms with Crippen molar-refractivity contribution in [1.29, 1.82) is 0 Å². The fourth-order valence-corrected chi connectivity index (χ4v) is 3.43. The van der Waals surface area contributed by atoms with Crippen molar-refractivity contribution in [3.8, 4) is 23.8 Å². The van der Waals surface area contributed by atoms with Gasteiger partial charge in [-0.3, -0.25) is 0 Å². The van der Waals surface area contributed by atoms with Gasteiger partial charge in [-0.15, -0.1) is 6.42 Å². The zero-order valence-corrected chi connectivity index (χ0v) is 19.8. The van der Waals surface area contributed by atoms with E-state index in [0.29, 0.717) is 12.0 Å². The minimum absolute atomic E-state index is 0.0500. The molecule has 0 N–H and O–H groups in total. The molecule has 0 saturated carbocycles. The molecule has 1 aliphatic rings. The van der Waals surface area contributed by atoms with Crippen LogP contribution in [0.4, 0.5) is 17.6 Å². The van der Waals surface area contributed by atoms with E-state index in [1.165, 1.54) is 18.2 Å². The summed E-state index contributed by atoms with van der Waals surface area (Å²) in [4.78, 5) is 0. The van der Waals surface area contributed by atoms with Crippen LogP contribution in [-0.2, 0) is 0 Å². The molecule has 0 aliphatic carbocycles. The third-order valence-electron chi connectivity index (χ3n) is 5.37. The standard InChI is InChI=1S/2C14H16F2O/c1-2-3-4-5-11-8-6-10-7-9-12(15)13(16)14(10)17-11;1-3-5-6-8-11(4-2)17-13-10-7-9-12(15)14(13)16/h6-9,11H,2-5H2,1H3;2,7,9-11H,3,5-6,8H2,1H3. The molecule has 2 unspecified atom stereocenters. The molecule has 184 valence electrons. The van der Waals surface area contributed by atoms with Crippen LogP contribution in [-0.4, -0.2) is 12.2 Å².